The minimum Gasteiger partial charge on any atom is -0.383 e. The van der Waals surface area contributed by atoms with Gasteiger partial charge in [-0.15, -0.1) is 0 Å². The van der Waals surface area contributed by atoms with Gasteiger partial charge in [0.2, 0.25) is 5.91 Å². The monoisotopic (exact) mass is 198 g/mol. The SMILES string of the molecule is CN(C)C=CC(=O)NC(=O)C(C)(C)C. The number of hydrogen-bond acceptors (Lipinski definition) is 3. The van der Waals surface area contributed by atoms with Crippen molar-refractivity contribution in [3.8, 4) is 0 Å². The van der Waals surface area contributed by atoms with Gasteiger partial charge >= 0.3 is 0 Å². The molecule has 0 aromatic carbocycles. The topological polar surface area (TPSA) is 49.4 Å². The molecule has 0 radical (unpaired) electrons. The Morgan fingerprint density at radius 2 is 1.71 bits per heavy atom. The number of amides is 2. The number of imide groups is 1. The van der Waals surface area contributed by atoms with E-state index in [1.165, 1.54) is 6.08 Å². The standard InChI is InChI=1S/C10H18N2O2/c1-10(2,3)9(14)11-8(13)6-7-12(4)5/h6-7H,1-5H3,(H,11,13,14). The highest BCUT2D eigenvalue weighted by molar-refractivity contribution is 6.02. The highest BCUT2D eigenvalue weighted by Crippen LogP contribution is 2.12. The maximum Gasteiger partial charge on any atom is 0.252 e. The lowest BCUT2D eigenvalue weighted by atomic mass is 9.96. The predicted molar refractivity (Wildman–Crippen MR) is 55.4 cm³/mol. The summed E-state index contributed by atoms with van der Waals surface area (Å²) in [6, 6.07) is 0. The molecule has 0 rings (SSSR count). The van der Waals surface area contributed by atoms with E-state index in [4.69, 9.17) is 0 Å². The van der Waals surface area contributed by atoms with Crippen molar-refractivity contribution in [3.63, 3.8) is 0 Å². The van der Waals surface area contributed by atoms with E-state index in [9.17, 15) is 9.59 Å². The summed E-state index contributed by atoms with van der Waals surface area (Å²) in [6.45, 7) is 5.27. The molecule has 0 heterocycles. The van der Waals surface area contributed by atoms with Crippen molar-refractivity contribution < 1.29 is 9.59 Å². The molecule has 4 heteroatoms. The second kappa shape index (κ2) is 4.79. The first-order valence-electron chi connectivity index (χ1n) is 4.43. The van der Waals surface area contributed by atoms with Gasteiger partial charge in [-0.05, 0) is 0 Å². The minimum absolute atomic E-state index is 0.272. The van der Waals surface area contributed by atoms with Crippen molar-refractivity contribution in [1.82, 2.24) is 10.2 Å². The van der Waals surface area contributed by atoms with Crippen LogP contribution in [0, 0.1) is 5.41 Å². The normalized spacial score (nSPS) is 11.5. The van der Waals surface area contributed by atoms with Gasteiger partial charge in [-0.25, -0.2) is 0 Å². The Morgan fingerprint density at radius 1 is 1.21 bits per heavy atom. The molecule has 0 aliphatic carbocycles. The third kappa shape index (κ3) is 5.35. The zero-order valence-electron chi connectivity index (χ0n) is 9.42. The Balaban J connectivity index is 4.15. The summed E-state index contributed by atoms with van der Waals surface area (Å²) in [5.74, 6) is -0.662. The van der Waals surface area contributed by atoms with Crippen molar-refractivity contribution in [2.24, 2.45) is 5.41 Å². The Bertz CT molecular complexity index is 249. The largest absolute Gasteiger partial charge is 0.383 e. The zero-order valence-corrected chi connectivity index (χ0v) is 9.42. The van der Waals surface area contributed by atoms with Crippen LogP contribution in [0.2, 0.25) is 0 Å². The molecule has 80 valence electrons. The van der Waals surface area contributed by atoms with Gasteiger partial charge in [-0.1, -0.05) is 20.8 Å². The molecule has 0 unspecified atom stereocenters. The smallest absolute Gasteiger partial charge is 0.252 e. The molecular formula is C10H18N2O2. The molecule has 0 aliphatic heterocycles. The first-order chi connectivity index (χ1) is 6.23. The number of hydrogen-bond donors (Lipinski definition) is 1. The molecule has 0 aromatic rings. The van der Waals surface area contributed by atoms with Crippen molar-refractivity contribution in [2.75, 3.05) is 14.1 Å². The third-order valence-corrected chi connectivity index (χ3v) is 1.44. The summed E-state index contributed by atoms with van der Waals surface area (Å²) >= 11 is 0. The van der Waals surface area contributed by atoms with Crippen molar-refractivity contribution >= 4 is 11.8 Å². The van der Waals surface area contributed by atoms with Crippen LogP contribution < -0.4 is 5.32 Å². The van der Waals surface area contributed by atoms with Crippen LogP contribution >= 0.6 is 0 Å². The summed E-state index contributed by atoms with van der Waals surface area (Å²) in [5, 5.41) is 2.28. The van der Waals surface area contributed by atoms with E-state index in [-0.39, 0.29) is 5.91 Å². The molecular weight excluding hydrogens is 180 g/mol. The molecule has 1 N–H and O–H groups in total. The first kappa shape index (κ1) is 12.7. The van der Waals surface area contributed by atoms with E-state index in [1.807, 2.05) is 0 Å². The van der Waals surface area contributed by atoms with Crippen molar-refractivity contribution in [1.29, 1.82) is 0 Å². The Hall–Kier alpha value is -1.32. The fourth-order valence-electron chi connectivity index (χ4n) is 0.558. The molecule has 0 saturated heterocycles. The van der Waals surface area contributed by atoms with E-state index in [0.29, 0.717) is 0 Å². The predicted octanol–water partition coefficient (Wildman–Crippen LogP) is 0.751. The maximum atomic E-state index is 11.3. The lowest BCUT2D eigenvalue weighted by molar-refractivity contribution is -0.133. The van der Waals surface area contributed by atoms with Gasteiger partial charge in [0.05, 0.1) is 0 Å². The van der Waals surface area contributed by atoms with E-state index < -0.39 is 11.3 Å². The average Bonchev–Trinajstić information content (AvgIpc) is 1.99. The van der Waals surface area contributed by atoms with E-state index in [2.05, 4.69) is 5.32 Å². The van der Waals surface area contributed by atoms with E-state index in [1.54, 1.807) is 46.0 Å². The zero-order chi connectivity index (χ0) is 11.4. The Kier molecular flexibility index (Phi) is 4.34. The summed E-state index contributed by atoms with van der Waals surface area (Å²) in [5.41, 5.74) is -0.540. The molecule has 0 bridgehead atoms. The van der Waals surface area contributed by atoms with Crippen molar-refractivity contribution in [3.05, 3.63) is 12.3 Å². The molecule has 4 nitrogen and oxygen atoms in total. The molecule has 0 aliphatic rings. The number of carbonyl (C=O) groups excluding carboxylic acids is 2. The summed E-state index contributed by atoms with van der Waals surface area (Å²) < 4.78 is 0. The van der Waals surface area contributed by atoms with Gasteiger partial charge in [0.1, 0.15) is 0 Å². The van der Waals surface area contributed by atoms with Gasteiger partial charge < -0.3 is 4.90 Å². The fourth-order valence-corrected chi connectivity index (χ4v) is 0.558. The lowest BCUT2D eigenvalue weighted by Gasteiger charge is -2.15. The molecule has 0 spiro atoms. The van der Waals surface area contributed by atoms with Crippen LogP contribution in [0.25, 0.3) is 0 Å². The fraction of sp³-hybridized carbons (Fsp3) is 0.600. The van der Waals surface area contributed by atoms with Crippen LogP contribution in [-0.2, 0) is 9.59 Å². The molecule has 0 fully saturated rings. The summed E-state index contributed by atoms with van der Waals surface area (Å²) in [6.07, 6.45) is 2.91. The van der Waals surface area contributed by atoms with Crippen LogP contribution in [0.3, 0.4) is 0 Å². The number of nitrogens with one attached hydrogen (secondary N) is 1. The lowest BCUT2D eigenvalue weighted by Crippen LogP contribution is -2.38. The van der Waals surface area contributed by atoms with Gasteiger partial charge in [-0.2, -0.15) is 0 Å². The van der Waals surface area contributed by atoms with Crippen LogP contribution in [0.5, 0.6) is 0 Å². The van der Waals surface area contributed by atoms with Crippen LogP contribution in [-0.4, -0.2) is 30.8 Å². The molecule has 0 atom stereocenters. The quantitative estimate of drug-likeness (QED) is 0.666. The number of carbonyl (C=O) groups is 2. The van der Waals surface area contributed by atoms with E-state index in [0.717, 1.165) is 0 Å². The van der Waals surface area contributed by atoms with Crippen LogP contribution in [0.4, 0.5) is 0 Å². The van der Waals surface area contributed by atoms with Crippen LogP contribution in [0.1, 0.15) is 20.8 Å². The molecule has 0 saturated carbocycles. The number of nitrogens with zero attached hydrogens (tertiary/aromatic N) is 1. The molecule has 0 aromatic heterocycles. The Morgan fingerprint density at radius 3 is 2.07 bits per heavy atom. The summed E-state index contributed by atoms with van der Waals surface area (Å²) in [4.78, 5) is 24.2. The van der Waals surface area contributed by atoms with Gasteiger partial charge in [-0.3, -0.25) is 14.9 Å². The highest BCUT2D eigenvalue weighted by atomic mass is 16.2. The van der Waals surface area contributed by atoms with Gasteiger partial charge in [0.25, 0.3) is 5.91 Å². The number of rotatable bonds is 2. The third-order valence-electron chi connectivity index (χ3n) is 1.44. The second-order valence-electron chi connectivity index (χ2n) is 4.35. The van der Waals surface area contributed by atoms with Crippen LogP contribution in [0.15, 0.2) is 12.3 Å². The average molecular weight is 198 g/mol. The first-order valence-corrected chi connectivity index (χ1v) is 4.43. The van der Waals surface area contributed by atoms with E-state index >= 15 is 0 Å². The van der Waals surface area contributed by atoms with Crippen molar-refractivity contribution in [2.45, 2.75) is 20.8 Å². The van der Waals surface area contributed by atoms with Gasteiger partial charge in [0.15, 0.2) is 0 Å². The highest BCUT2D eigenvalue weighted by Gasteiger charge is 2.22. The maximum absolute atomic E-state index is 11.3. The molecule has 2 amide bonds. The molecule has 14 heavy (non-hydrogen) atoms. The van der Waals surface area contributed by atoms with Gasteiger partial charge in [0, 0.05) is 31.8 Å². The summed E-state index contributed by atoms with van der Waals surface area (Å²) in [7, 11) is 3.60. The minimum atomic E-state index is -0.540. The second-order valence-corrected chi connectivity index (χ2v) is 4.35. The Labute approximate surface area is 85.0 Å².